The van der Waals surface area contributed by atoms with E-state index in [1.54, 1.807) is 18.2 Å². The van der Waals surface area contributed by atoms with Crippen LogP contribution in [-0.2, 0) is 0 Å². The number of carbonyl (C=O) groups is 1. The number of unbranched alkanes of at least 4 members (excludes halogenated alkanes) is 7. The van der Waals surface area contributed by atoms with Gasteiger partial charge in [-0.2, -0.15) is 0 Å². The lowest BCUT2D eigenvalue weighted by molar-refractivity contribution is 0.0734. The minimum atomic E-state index is -0.545. The van der Waals surface area contributed by atoms with E-state index in [2.05, 4.69) is 13.8 Å². The van der Waals surface area contributed by atoms with E-state index in [0.29, 0.717) is 12.2 Å². The minimum absolute atomic E-state index is 0.143. The third kappa shape index (κ3) is 9.56. The van der Waals surface area contributed by atoms with Gasteiger partial charge in [-0.15, -0.1) is 0 Å². The first-order chi connectivity index (χ1) is 18.1. The standard InChI is InChI=1S/C32H39FO4/c1-3-5-7-8-9-11-22-35-28-18-16-26(17-19-28)25-12-14-27(15-13-25)32(34)37-29-20-21-31(30(33)24-29)36-23-10-6-4-2/h12-21,24H,3-11,22-23H2,1-2H3. The molecule has 3 aromatic carbocycles. The number of carbonyl (C=O) groups excluding carboxylic acids is 1. The van der Waals surface area contributed by atoms with Gasteiger partial charge in [0.1, 0.15) is 11.5 Å². The van der Waals surface area contributed by atoms with Crippen molar-refractivity contribution in [1.82, 2.24) is 0 Å². The zero-order valence-electron chi connectivity index (χ0n) is 22.1. The van der Waals surface area contributed by atoms with Crippen LogP contribution in [0.2, 0.25) is 0 Å². The fourth-order valence-electron chi connectivity index (χ4n) is 3.98. The number of benzene rings is 3. The van der Waals surface area contributed by atoms with Crippen LogP contribution in [0, 0.1) is 5.82 Å². The van der Waals surface area contributed by atoms with Crippen molar-refractivity contribution < 1.29 is 23.4 Å². The van der Waals surface area contributed by atoms with E-state index in [0.717, 1.165) is 49.2 Å². The van der Waals surface area contributed by atoms with Gasteiger partial charge in [0.15, 0.2) is 11.6 Å². The van der Waals surface area contributed by atoms with E-state index in [1.165, 1.54) is 44.2 Å². The Morgan fingerprint density at radius 1 is 0.649 bits per heavy atom. The Morgan fingerprint density at radius 2 is 1.19 bits per heavy atom. The maximum absolute atomic E-state index is 14.3. The average Bonchev–Trinajstić information content (AvgIpc) is 2.92. The third-order valence-corrected chi connectivity index (χ3v) is 6.19. The second-order valence-corrected chi connectivity index (χ2v) is 9.26. The van der Waals surface area contributed by atoms with Gasteiger partial charge in [0, 0.05) is 6.07 Å². The molecule has 0 spiro atoms. The maximum atomic E-state index is 14.3. The second-order valence-electron chi connectivity index (χ2n) is 9.26. The smallest absolute Gasteiger partial charge is 0.343 e. The van der Waals surface area contributed by atoms with Crippen molar-refractivity contribution in [2.75, 3.05) is 13.2 Å². The molecule has 0 fully saturated rings. The number of ether oxygens (including phenoxy) is 3. The predicted molar refractivity (Wildman–Crippen MR) is 147 cm³/mol. The molecule has 0 atom stereocenters. The molecule has 3 aromatic rings. The lowest BCUT2D eigenvalue weighted by Crippen LogP contribution is -2.08. The summed E-state index contributed by atoms with van der Waals surface area (Å²) < 4.78 is 31.0. The first-order valence-electron chi connectivity index (χ1n) is 13.6. The Hall–Kier alpha value is -3.34. The first kappa shape index (κ1) is 28.2. The van der Waals surface area contributed by atoms with Crippen LogP contribution in [-0.4, -0.2) is 19.2 Å². The Labute approximate surface area is 220 Å². The summed E-state index contributed by atoms with van der Waals surface area (Å²) in [6.45, 7) is 5.53. The molecule has 37 heavy (non-hydrogen) atoms. The van der Waals surface area contributed by atoms with E-state index in [1.807, 2.05) is 36.4 Å². The van der Waals surface area contributed by atoms with Gasteiger partial charge in [-0.25, -0.2) is 9.18 Å². The van der Waals surface area contributed by atoms with Crippen molar-refractivity contribution in [2.24, 2.45) is 0 Å². The van der Waals surface area contributed by atoms with Crippen LogP contribution >= 0.6 is 0 Å². The van der Waals surface area contributed by atoms with Crippen LogP contribution in [0.15, 0.2) is 66.7 Å². The van der Waals surface area contributed by atoms with Crippen molar-refractivity contribution in [3.05, 3.63) is 78.1 Å². The van der Waals surface area contributed by atoms with E-state index >= 15 is 0 Å². The minimum Gasteiger partial charge on any atom is -0.494 e. The van der Waals surface area contributed by atoms with Crippen LogP contribution in [0.3, 0.4) is 0 Å². The van der Waals surface area contributed by atoms with E-state index in [4.69, 9.17) is 14.2 Å². The molecule has 0 bridgehead atoms. The molecule has 0 aliphatic rings. The highest BCUT2D eigenvalue weighted by molar-refractivity contribution is 5.91. The van der Waals surface area contributed by atoms with Crippen LogP contribution in [0.5, 0.6) is 17.2 Å². The topological polar surface area (TPSA) is 44.8 Å². The van der Waals surface area contributed by atoms with Crippen molar-refractivity contribution >= 4 is 5.97 Å². The Morgan fingerprint density at radius 3 is 1.86 bits per heavy atom. The number of esters is 1. The molecule has 0 saturated carbocycles. The van der Waals surface area contributed by atoms with E-state index in [-0.39, 0.29) is 11.5 Å². The second kappa shape index (κ2) is 15.7. The molecular weight excluding hydrogens is 467 g/mol. The van der Waals surface area contributed by atoms with Crippen molar-refractivity contribution in [1.29, 1.82) is 0 Å². The summed E-state index contributed by atoms with van der Waals surface area (Å²) in [7, 11) is 0. The predicted octanol–water partition coefficient (Wildman–Crippen LogP) is 9.02. The van der Waals surface area contributed by atoms with Crippen LogP contribution in [0.4, 0.5) is 4.39 Å². The first-order valence-corrected chi connectivity index (χ1v) is 13.6. The number of rotatable bonds is 16. The van der Waals surface area contributed by atoms with Gasteiger partial charge < -0.3 is 14.2 Å². The molecule has 0 aliphatic heterocycles. The molecule has 0 saturated heterocycles. The van der Waals surface area contributed by atoms with Crippen LogP contribution in [0.1, 0.15) is 82.0 Å². The third-order valence-electron chi connectivity index (χ3n) is 6.19. The molecule has 0 unspecified atom stereocenters. The fourth-order valence-corrected chi connectivity index (χ4v) is 3.98. The van der Waals surface area contributed by atoms with Gasteiger partial charge in [-0.1, -0.05) is 83.1 Å². The Balaban J connectivity index is 1.48. The Bertz CT molecular complexity index is 1080. The maximum Gasteiger partial charge on any atom is 0.343 e. The van der Waals surface area contributed by atoms with Gasteiger partial charge in [0.05, 0.1) is 18.8 Å². The highest BCUT2D eigenvalue weighted by atomic mass is 19.1. The quantitative estimate of drug-likeness (QED) is 0.110. The molecule has 0 heterocycles. The monoisotopic (exact) mass is 506 g/mol. The summed E-state index contributed by atoms with van der Waals surface area (Å²) in [4.78, 5) is 12.6. The van der Waals surface area contributed by atoms with Crippen LogP contribution in [0.25, 0.3) is 11.1 Å². The summed E-state index contributed by atoms with van der Waals surface area (Å²) in [6, 6.07) is 19.3. The van der Waals surface area contributed by atoms with E-state index < -0.39 is 11.8 Å². The van der Waals surface area contributed by atoms with Gasteiger partial charge in [-0.05, 0) is 60.4 Å². The molecule has 5 heteroatoms. The van der Waals surface area contributed by atoms with E-state index in [9.17, 15) is 9.18 Å². The lowest BCUT2D eigenvalue weighted by atomic mass is 10.0. The van der Waals surface area contributed by atoms with Crippen molar-refractivity contribution in [2.45, 2.75) is 71.6 Å². The molecule has 0 radical (unpaired) electrons. The lowest BCUT2D eigenvalue weighted by Gasteiger charge is -2.10. The number of hydrogen-bond donors (Lipinski definition) is 0. The zero-order chi connectivity index (χ0) is 26.3. The highest BCUT2D eigenvalue weighted by Gasteiger charge is 2.12. The SMILES string of the molecule is CCCCCCCCOc1ccc(-c2ccc(C(=O)Oc3ccc(OCCCCC)c(F)c3)cc2)cc1. The molecule has 4 nitrogen and oxygen atoms in total. The zero-order valence-corrected chi connectivity index (χ0v) is 22.1. The average molecular weight is 507 g/mol. The molecule has 198 valence electrons. The molecular formula is C32H39FO4. The molecule has 0 aliphatic carbocycles. The summed E-state index contributed by atoms with van der Waals surface area (Å²) >= 11 is 0. The summed E-state index contributed by atoms with van der Waals surface area (Å²) in [5.74, 6) is 0.0859. The van der Waals surface area contributed by atoms with Gasteiger partial charge in [0.25, 0.3) is 0 Å². The van der Waals surface area contributed by atoms with Gasteiger partial charge >= 0.3 is 5.97 Å². The highest BCUT2D eigenvalue weighted by Crippen LogP contribution is 2.26. The normalized spacial score (nSPS) is 10.8. The largest absolute Gasteiger partial charge is 0.494 e. The van der Waals surface area contributed by atoms with Gasteiger partial charge in [-0.3, -0.25) is 0 Å². The number of hydrogen-bond acceptors (Lipinski definition) is 4. The fraction of sp³-hybridized carbons (Fsp3) is 0.406. The van der Waals surface area contributed by atoms with Crippen molar-refractivity contribution in [3.8, 4) is 28.4 Å². The van der Waals surface area contributed by atoms with Crippen molar-refractivity contribution in [3.63, 3.8) is 0 Å². The molecule has 0 N–H and O–H groups in total. The molecule has 0 amide bonds. The number of halogens is 1. The van der Waals surface area contributed by atoms with Crippen LogP contribution < -0.4 is 14.2 Å². The summed E-state index contributed by atoms with van der Waals surface area (Å²) in [5.41, 5.74) is 2.40. The molecule has 3 rings (SSSR count). The molecule has 0 aromatic heterocycles. The summed E-state index contributed by atoms with van der Waals surface area (Å²) in [6.07, 6.45) is 10.4. The van der Waals surface area contributed by atoms with Gasteiger partial charge in [0.2, 0.25) is 0 Å². The summed E-state index contributed by atoms with van der Waals surface area (Å²) in [5, 5.41) is 0. The Kier molecular flexibility index (Phi) is 12.0.